The molecule has 0 spiro atoms. The molecule has 1 saturated heterocycles. The molecule has 4 heteroatoms. The van der Waals surface area contributed by atoms with Gasteiger partial charge in [-0.3, -0.25) is 4.79 Å². The van der Waals surface area contributed by atoms with Crippen LogP contribution in [0.3, 0.4) is 0 Å². The Morgan fingerprint density at radius 2 is 2.47 bits per heavy atom. The molecule has 2 heterocycles. The highest BCUT2D eigenvalue weighted by Crippen LogP contribution is 2.17. The van der Waals surface area contributed by atoms with E-state index in [4.69, 9.17) is 5.73 Å². The van der Waals surface area contributed by atoms with E-state index in [2.05, 4.69) is 13.0 Å². The number of likely N-dealkylation sites (tertiary alicyclic amines) is 1. The van der Waals surface area contributed by atoms with Gasteiger partial charge >= 0.3 is 0 Å². The van der Waals surface area contributed by atoms with Crippen LogP contribution in [0.5, 0.6) is 0 Å². The maximum Gasteiger partial charge on any atom is 0.227 e. The standard InChI is InChI=1S/C11H16N2OS/c1-8-2-3-10(15-8)6-11(14)13-5-4-9(12)7-13/h2-3,9H,4-7,12H2,1H3/t9-/m1/s1. The van der Waals surface area contributed by atoms with Gasteiger partial charge in [0.25, 0.3) is 0 Å². The van der Waals surface area contributed by atoms with Crippen LogP contribution >= 0.6 is 11.3 Å². The molecule has 1 fully saturated rings. The van der Waals surface area contributed by atoms with Crippen LogP contribution in [0.15, 0.2) is 12.1 Å². The minimum absolute atomic E-state index is 0.180. The molecule has 1 aliphatic rings. The van der Waals surface area contributed by atoms with Crippen molar-refractivity contribution >= 4 is 17.2 Å². The summed E-state index contributed by atoms with van der Waals surface area (Å²) in [5, 5.41) is 0. The van der Waals surface area contributed by atoms with Gasteiger partial charge < -0.3 is 10.6 Å². The predicted octanol–water partition coefficient (Wildman–Crippen LogP) is 1.16. The number of hydrogen-bond acceptors (Lipinski definition) is 3. The third-order valence-electron chi connectivity index (χ3n) is 2.70. The number of rotatable bonds is 2. The molecule has 1 aliphatic heterocycles. The SMILES string of the molecule is Cc1ccc(CC(=O)N2CC[C@@H](N)C2)s1. The second-order valence-corrected chi connectivity index (χ2v) is 5.45. The molecule has 3 nitrogen and oxygen atoms in total. The smallest absolute Gasteiger partial charge is 0.227 e. The summed E-state index contributed by atoms with van der Waals surface area (Å²) in [4.78, 5) is 16.1. The summed E-state index contributed by atoms with van der Waals surface area (Å²) in [7, 11) is 0. The van der Waals surface area contributed by atoms with Crippen LogP contribution in [0.1, 0.15) is 16.2 Å². The summed E-state index contributed by atoms with van der Waals surface area (Å²) in [5.74, 6) is 0.213. The number of thiophene rings is 1. The zero-order valence-electron chi connectivity index (χ0n) is 8.90. The highest BCUT2D eigenvalue weighted by Gasteiger charge is 2.23. The Kier molecular flexibility index (Phi) is 3.07. The van der Waals surface area contributed by atoms with Gasteiger partial charge in [0, 0.05) is 28.9 Å². The monoisotopic (exact) mass is 224 g/mol. The number of amides is 1. The van der Waals surface area contributed by atoms with Crippen molar-refractivity contribution < 1.29 is 4.79 Å². The lowest BCUT2D eigenvalue weighted by Crippen LogP contribution is -2.32. The van der Waals surface area contributed by atoms with E-state index in [1.54, 1.807) is 11.3 Å². The Hall–Kier alpha value is -0.870. The molecule has 0 saturated carbocycles. The second kappa shape index (κ2) is 4.33. The number of nitrogens with two attached hydrogens (primary N) is 1. The fourth-order valence-corrected chi connectivity index (χ4v) is 2.74. The average molecular weight is 224 g/mol. The van der Waals surface area contributed by atoms with Gasteiger partial charge in [0.2, 0.25) is 5.91 Å². The van der Waals surface area contributed by atoms with Crippen molar-refractivity contribution in [2.24, 2.45) is 5.73 Å². The van der Waals surface area contributed by atoms with E-state index in [1.807, 2.05) is 11.0 Å². The molecular weight excluding hydrogens is 208 g/mol. The summed E-state index contributed by atoms with van der Waals surface area (Å²) in [6.07, 6.45) is 1.47. The van der Waals surface area contributed by atoms with E-state index in [0.717, 1.165) is 24.4 Å². The van der Waals surface area contributed by atoms with Crippen LogP contribution in [-0.4, -0.2) is 29.9 Å². The fourth-order valence-electron chi connectivity index (χ4n) is 1.85. The Morgan fingerprint density at radius 3 is 3.00 bits per heavy atom. The summed E-state index contributed by atoms with van der Waals surface area (Å²) in [6, 6.07) is 4.27. The molecular formula is C11H16N2OS. The van der Waals surface area contributed by atoms with Crippen LogP contribution in [0.2, 0.25) is 0 Å². The van der Waals surface area contributed by atoms with Crippen molar-refractivity contribution in [2.75, 3.05) is 13.1 Å². The van der Waals surface area contributed by atoms with E-state index < -0.39 is 0 Å². The van der Waals surface area contributed by atoms with E-state index in [-0.39, 0.29) is 11.9 Å². The Bertz CT molecular complexity index is 361. The Morgan fingerprint density at radius 1 is 1.67 bits per heavy atom. The van der Waals surface area contributed by atoms with Crippen molar-refractivity contribution in [3.05, 3.63) is 21.9 Å². The Labute approximate surface area is 93.9 Å². The van der Waals surface area contributed by atoms with Gasteiger partial charge in [-0.25, -0.2) is 0 Å². The number of aryl methyl sites for hydroxylation is 1. The number of carbonyl (C=O) groups excluding carboxylic acids is 1. The second-order valence-electron chi connectivity index (χ2n) is 4.08. The van der Waals surface area contributed by atoms with E-state index in [9.17, 15) is 4.79 Å². The molecule has 0 aliphatic carbocycles. The van der Waals surface area contributed by atoms with E-state index in [0.29, 0.717) is 6.42 Å². The van der Waals surface area contributed by atoms with Crippen molar-refractivity contribution in [3.63, 3.8) is 0 Å². The minimum atomic E-state index is 0.180. The quantitative estimate of drug-likeness (QED) is 0.819. The minimum Gasteiger partial charge on any atom is -0.341 e. The first-order valence-electron chi connectivity index (χ1n) is 5.24. The molecule has 2 rings (SSSR count). The van der Waals surface area contributed by atoms with Gasteiger partial charge in [-0.05, 0) is 25.5 Å². The van der Waals surface area contributed by atoms with Crippen molar-refractivity contribution in [1.29, 1.82) is 0 Å². The maximum atomic E-state index is 11.8. The summed E-state index contributed by atoms with van der Waals surface area (Å²) in [5.41, 5.74) is 5.77. The zero-order chi connectivity index (χ0) is 10.8. The van der Waals surface area contributed by atoms with Gasteiger partial charge in [-0.2, -0.15) is 0 Å². The molecule has 0 aromatic carbocycles. The largest absolute Gasteiger partial charge is 0.341 e. The molecule has 1 atom stereocenters. The molecule has 82 valence electrons. The molecule has 0 unspecified atom stereocenters. The van der Waals surface area contributed by atoms with Crippen LogP contribution in [0.25, 0.3) is 0 Å². The first-order valence-corrected chi connectivity index (χ1v) is 6.05. The average Bonchev–Trinajstić information content (AvgIpc) is 2.75. The van der Waals surface area contributed by atoms with E-state index in [1.165, 1.54) is 4.88 Å². The normalized spacial score (nSPS) is 20.9. The first-order chi connectivity index (χ1) is 7.15. The topological polar surface area (TPSA) is 46.3 Å². The van der Waals surface area contributed by atoms with Crippen LogP contribution < -0.4 is 5.73 Å². The molecule has 1 amide bonds. The van der Waals surface area contributed by atoms with Crippen LogP contribution in [-0.2, 0) is 11.2 Å². The van der Waals surface area contributed by atoms with Gasteiger partial charge in [0.05, 0.1) is 6.42 Å². The summed E-state index contributed by atoms with van der Waals surface area (Å²) >= 11 is 1.70. The van der Waals surface area contributed by atoms with Crippen molar-refractivity contribution in [2.45, 2.75) is 25.8 Å². The van der Waals surface area contributed by atoms with E-state index >= 15 is 0 Å². The number of hydrogen-bond donors (Lipinski definition) is 1. The Balaban J connectivity index is 1.92. The lowest BCUT2D eigenvalue weighted by Gasteiger charge is -2.14. The van der Waals surface area contributed by atoms with Gasteiger partial charge in [-0.1, -0.05) is 0 Å². The maximum absolute atomic E-state index is 11.8. The molecule has 0 radical (unpaired) electrons. The van der Waals surface area contributed by atoms with Crippen molar-refractivity contribution in [1.82, 2.24) is 4.90 Å². The lowest BCUT2D eigenvalue weighted by molar-refractivity contribution is -0.129. The predicted molar refractivity (Wildman–Crippen MR) is 61.9 cm³/mol. The lowest BCUT2D eigenvalue weighted by atomic mass is 10.3. The molecule has 15 heavy (non-hydrogen) atoms. The van der Waals surface area contributed by atoms with Crippen molar-refractivity contribution in [3.8, 4) is 0 Å². The highest BCUT2D eigenvalue weighted by atomic mass is 32.1. The van der Waals surface area contributed by atoms with Gasteiger partial charge in [0.1, 0.15) is 0 Å². The van der Waals surface area contributed by atoms with Crippen LogP contribution in [0.4, 0.5) is 0 Å². The highest BCUT2D eigenvalue weighted by molar-refractivity contribution is 7.12. The molecule has 2 N–H and O–H groups in total. The molecule has 0 bridgehead atoms. The third kappa shape index (κ3) is 2.58. The van der Waals surface area contributed by atoms with Gasteiger partial charge in [-0.15, -0.1) is 11.3 Å². The zero-order valence-corrected chi connectivity index (χ0v) is 9.72. The molecule has 1 aromatic rings. The van der Waals surface area contributed by atoms with Crippen LogP contribution in [0, 0.1) is 6.92 Å². The first kappa shape index (κ1) is 10.6. The fraction of sp³-hybridized carbons (Fsp3) is 0.545. The number of nitrogens with zero attached hydrogens (tertiary/aromatic N) is 1. The summed E-state index contributed by atoms with van der Waals surface area (Å²) in [6.45, 7) is 3.61. The van der Waals surface area contributed by atoms with Gasteiger partial charge in [0.15, 0.2) is 0 Å². The third-order valence-corrected chi connectivity index (χ3v) is 3.70. The molecule has 1 aromatic heterocycles. The number of carbonyl (C=O) groups is 1. The summed E-state index contributed by atoms with van der Waals surface area (Å²) < 4.78 is 0.